The van der Waals surface area contributed by atoms with Gasteiger partial charge in [-0.25, -0.2) is 0 Å². The lowest BCUT2D eigenvalue weighted by Crippen LogP contribution is -2.48. The Morgan fingerprint density at radius 2 is 2.00 bits per heavy atom. The molecule has 5 heteroatoms. The van der Waals surface area contributed by atoms with E-state index >= 15 is 0 Å². The maximum Gasteiger partial charge on any atom is 0.173 e. The largest absolute Gasteiger partial charge is 0.349 e. The van der Waals surface area contributed by atoms with Gasteiger partial charge in [-0.2, -0.15) is 0 Å². The molecule has 2 rings (SSSR count). The molecule has 22 heavy (non-hydrogen) atoms. The van der Waals surface area contributed by atoms with Gasteiger partial charge in [-0.1, -0.05) is 11.6 Å². The molecular formula is C17H26ClN3S. The molecule has 122 valence electrons. The second-order valence-corrected chi connectivity index (χ2v) is 7.17. The normalized spacial score (nSPS) is 16.4. The molecule has 0 atom stereocenters. The number of hydrogen-bond acceptors (Lipinski definition) is 2. The van der Waals surface area contributed by atoms with E-state index in [0.717, 1.165) is 47.3 Å². The summed E-state index contributed by atoms with van der Waals surface area (Å²) in [5, 5.41) is 4.93. The SMILES string of the molecule is Cc1cc(NC(=S)N2CCC(N(C)C(C)C)CC2)ccc1Cl. The Kier molecular flexibility index (Phi) is 6.07. The van der Waals surface area contributed by atoms with Crippen molar-refractivity contribution in [2.45, 2.75) is 45.7 Å². The molecule has 0 aromatic heterocycles. The Morgan fingerprint density at radius 3 is 2.55 bits per heavy atom. The third kappa shape index (κ3) is 4.34. The Balaban J connectivity index is 1.88. The van der Waals surface area contributed by atoms with Crippen molar-refractivity contribution in [2.75, 3.05) is 25.5 Å². The molecule has 3 nitrogen and oxygen atoms in total. The molecule has 1 saturated heterocycles. The molecule has 0 aliphatic carbocycles. The van der Waals surface area contributed by atoms with Crippen LogP contribution in [0.1, 0.15) is 32.3 Å². The number of benzene rings is 1. The van der Waals surface area contributed by atoms with Gasteiger partial charge in [0.1, 0.15) is 0 Å². The molecule has 0 unspecified atom stereocenters. The van der Waals surface area contributed by atoms with Gasteiger partial charge in [0, 0.05) is 35.9 Å². The van der Waals surface area contributed by atoms with Crippen LogP contribution in [0, 0.1) is 6.92 Å². The van der Waals surface area contributed by atoms with Gasteiger partial charge in [0.05, 0.1) is 0 Å². The van der Waals surface area contributed by atoms with Gasteiger partial charge in [0.25, 0.3) is 0 Å². The van der Waals surface area contributed by atoms with Crippen LogP contribution in [0.15, 0.2) is 18.2 Å². The molecule has 0 bridgehead atoms. The first kappa shape index (κ1) is 17.5. The van der Waals surface area contributed by atoms with Gasteiger partial charge < -0.3 is 15.1 Å². The van der Waals surface area contributed by atoms with E-state index in [1.165, 1.54) is 0 Å². The minimum absolute atomic E-state index is 0.596. The summed E-state index contributed by atoms with van der Waals surface area (Å²) in [6.45, 7) is 8.53. The second kappa shape index (κ2) is 7.62. The molecular weight excluding hydrogens is 314 g/mol. The average molecular weight is 340 g/mol. The molecule has 1 aromatic carbocycles. The van der Waals surface area contributed by atoms with Crippen LogP contribution in [-0.2, 0) is 0 Å². The zero-order valence-electron chi connectivity index (χ0n) is 13.9. The fourth-order valence-electron chi connectivity index (χ4n) is 2.82. The first-order valence-corrected chi connectivity index (χ1v) is 8.71. The predicted molar refractivity (Wildman–Crippen MR) is 99.9 cm³/mol. The lowest BCUT2D eigenvalue weighted by Gasteiger charge is -2.39. The van der Waals surface area contributed by atoms with Gasteiger partial charge in [0.2, 0.25) is 0 Å². The maximum atomic E-state index is 6.06. The number of thiocarbonyl (C=S) groups is 1. The second-order valence-electron chi connectivity index (χ2n) is 6.37. The van der Waals surface area contributed by atoms with Gasteiger partial charge in [0.15, 0.2) is 5.11 Å². The van der Waals surface area contributed by atoms with E-state index in [4.69, 9.17) is 23.8 Å². The summed E-state index contributed by atoms with van der Waals surface area (Å²) in [6, 6.07) is 7.18. The van der Waals surface area contributed by atoms with Crippen LogP contribution in [0.4, 0.5) is 5.69 Å². The molecule has 1 aliphatic rings. The molecule has 1 aromatic rings. The van der Waals surface area contributed by atoms with Crippen molar-refractivity contribution in [1.82, 2.24) is 9.80 Å². The molecule has 0 amide bonds. The summed E-state index contributed by atoms with van der Waals surface area (Å²) in [7, 11) is 2.22. The number of hydrogen-bond donors (Lipinski definition) is 1. The zero-order valence-corrected chi connectivity index (χ0v) is 15.5. The van der Waals surface area contributed by atoms with E-state index in [9.17, 15) is 0 Å². The number of anilines is 1. The third-order valence-corrected chi connectivity index (χ3v) is 5.34. The van der Waals surface area contributed by atoms with Crippen LogP contribution >= 0.6 is 23.8 Å². The Morgan fingerprint density at radius 1 is 1.36 bits per heavy atom. The summed E-state index contributed by atoms with van der Waals surface area (Å²) in [5.41, 5.74) is 2.07. The minimum atomic E-state index is 0.596. The monoisotopic (exact) mass is 339 g/mol. The van der Waals surface area contributed by atoms with Crippen molar-refractivity contribution in [3.05, 3.63) is 28.8 Å². The Hall–Kier alpha value is -0.840. The predicted octanol–water partition coefficient (Wildman–Crippen LogP) is 4.15. The van der Waals surface area contributed by atoms with Crippen molar-refractivity contribution in [2.24, 2.45) is 0 Å². The van der Waals surface area contributed by atoms with Crippen LogP contribution in [0.5, 0.6) is 0 Å². The van der Waals surface area contributed by atoms with E-state index < -0.39 is 0 Å². The third-order valence-electron chi connectivity index (χ3n) is 4.55. The van der Waals surface area contributed by atoms with Gasteiger partial charge in [-0.15, -0.1) is 0 Å². The number of nitrogens with zero attached hydrogens (tertiary/aromatic N) is 2. The average Bonchev–Trinajstić information content (AvgIpc) is 2.50. The van der Waals surface area contributed by atoms with E-state index in [1.807, 2.05) is 25.1 Å². The molecule has 0 spiro atoms. The van der Waals surface area contributed by atoms with Crippen LogP contribution in [-0.4, -0.2) is 47.1 Å². The molecule has 1 N–H and O–H groups in total. The first-order chi connectivity index (χ1) is 10.4. The summed E-state index contributed by atoms with van der Waals surface area (Å²) < 4.78 is 0. The minimum Gasteiger partial charge on any atom is -0.349 e. The van der Waals surface area contributed by atoms with E-state index in [1.54, 1.807) is 0 Å². The maximum absolute atomic E-state index is 6.06. The molecule has 0 saturated carbocycles. The first-order valence-electron chi connectivity index (χ1n) is 7.92. The molecule has 1 heterocycles. The smallest absolute Gasteiger partial charge is 0.173 e. The van der Waals surface area contributed by atoms with Crippen molar-refractivity contribution >= 4 is 34.6 Å². The standard InChI is InChI=1S/C17H26ClN3S/c1-12(2)20(4)15-7-9-21(10-8-15)17(22)19-14-5-6-16(18)13(3)11-14/h5-6,11-12,15H,7-10H2,1-4H3,(H,19,22). The number of halogens is 1. The number of aryl methyl sites for hydroxylation is 1. The molecule has 1 fully saturated rings. The van der Waals surface area contributed by atoms with Crippen molar-refractivity contribution in [3.63, 3.8) is 0 Å². The summed E-state index contributed by atoms with van der Waals surface area (Å²) in [5.74, 6) is 0. The lowest BCUT2D eigenvalue weighted by atomic mass is 10.0. The van der Waals surface area contributed by atoms with Crippen molar-refractivity contribution in [3.8, 4) is 0 Å². The van der Waals surface area contributed by atoms with E-state index in [2.05, 4.69) is 36.0 Å². The highest BCUT2D eigenvalue weighted by molar-refractivity contribution is 7.80. The van der Waals surface area contributed by atoms with Gasteiger partial charge in [-0.3, -0.25) is 0 Å². The Labute approximate surface area is 144 Å². The van der Waals surface area contributed by atoms with Crippen molar-refractivity contribution < 1.29 is 0 Å². The number of piperidine rings is 1. The number of likely N-dealkylation sites (tertiary alicyclic amines) is 1. The van der Waals surface area contributed by atoms with E-state index in [0.29, 0.717) is 12.1 Å². The molecule has 0 radical (unpaired) electrons. The fraction of sp³-hybridized carbons (Fsp3) is 0.588. The summed E-state index contributed by atoms with van der Waals surface area (Å²) >= 11 is 11.6. The van der Waals surface area contributed by atoms with Crippen LogP contribution in [0.2, 0.25) is 5.02 Å². The number of nitrogens with one attached hydrogen (secondary N) is 1. The topological polar surface area (TPSA) is 18.5 Å². The van der Waals surface area contributed by atoms with Gasteiger partial charge in [-0.05, 0) is 76.6 Å². The Bertz CT molecular complexity index is 525. The highest BCUT2D eigenvalue weighted by Gasteiger charge is 2.24. The molecule has 1 aliphatic heterocycles. The quantitative estimate of drug-likeness (QED) is 0.833. The van der Waals surface area contributed by atoms with Crippen LogP contribution < -0.4 is 5.32 Å². The van der Waals surface area contributed by atoms with Crippen LogP contribution in [0.25, 0.3) is 0 Å². The zero-order chi connectivity index (χ0) is 16.3. The lowest BCUT2D eigenvalue weighted by molar-refractivity contribution is 0.136. The summed E-state index contributed by atoms with van der Waals surface area (Å²) in [4.78, 5) is 4.74. The summed E-state index contributed by atoms with van der Waals surface area (Å²) in [6.07, 6.45) is 2.33. The van der Waals surface area contributed by atoms with Crippen LogP contribution in [0.3, 0.4) is 0 Å². The number of rotatable bonds is 3. The highest BCUT2D eigenvalue weighted by Crippen LogP contribution is 2.21. The fourth-order valence-corrected chi connectivity index (χ4v) is 3.24. The van der Waals surface area contributed by atoms with Crippen molar-refractivity contribution in [1.29, 1.82) is 0 Å². The van der Waals surface area contributed by atoms with Gasteiger partial charge >= 0.3 is 0 Å². The van der Waals surface area contributed by atoms with E-state index in [-0.39, 0.29) is 0 Å². The highest BCUT2D eigenvalue weighted by atomic mass is 35.5.